The molecule has 8 heteroatoms. The highest BCUT2D eigenvalue weighted by Crippen LogP contribution is 2.36. The molecule has 0 spiro atoms. The number of hydrogen-bond donors (Lipinski definition) is 1. The van der Waals surface area contributed by atoms with E-state index in [2.05, 4.69) is 4.74 Å². The summed E-state index contributed by atoms with van der Waals surface area (Å²) >= 11 is 5.61. The Morgan fingerprint density at radius 1 is 1.22 bits per heavy atom. The van der Waals surface area contributed by atoms with E-state index in [1.54, 1.807) is 0 Å². The molecule has 0 atom stereocenters. The largest absolute Gasteiger partial charge is 0.487 e. The van der Waals surface area contributed by atoms with Crippen LogP contribution in [0.25, 0.3) is 0 Å². The number of nitrogens with two attached hydrogens (primary N) is 1. The molecule has 0 unspecified atom stereocenters. The van der Waals surface area contributed by atoms with Crippen molar-refractivity contribution >= 4 is 17.3 Å². The fourth-order valence-electron chi connectivity index (χ4n) is 1.09. The number of rotatable bonds is 3. The quantitative estimate of drug-likeness (QED) is 0.678. The Labute approximate surface area is 104 Å². The van der Waals surface area contributed by atoms with Gasteiger partial charge in [0, 0.05) is 6.07 Å². The van der Waals surface area contributed by atoms with E-state index in [0.717, 1.165) is 6.07 Å². The maximum Gasteiger partial charge on any atom is 0.456 e. The number of aryl methyl sites for hydroxylation is 1. The number of hydrogen-bond acceptors (Lipinski definition) is 2. The van der Waals surface area contributed by atoms with Gasteiger partial charge in [-0.3, -0.25) is 0 Å². The Balaban J connectivity index is 2.85. The highest BCUT2D eigenvalue weighted by atomic mass is 35.5. The average Bonchev–Trinajstić information content (AvgIpc) is 2.20. The number of halogens is 6. The molecule has 0 aliphatic carbocycles. The van der Waals surface area contributed by atoms with E-state index in [-0.39, 0.29) is 16.5 Å². The van der Waals surface area contributed by atoms with Gasteiger partial charge in [0.2, 0.25) is 0 Å². The van der Waals surface area contributed by atoms with Gasteiger partial charge in [-0.05, 0) is 18.6 Å². The average molecular weight is 290 g/mol. The summed E-state index contributed by atoms with van der Waals surface area (Å²) in [5, 5.41) is 0.0194. The summed E-state index contributed by atoms with van der Waals surface area (Å²) in [6, 6.07) is 2.42. The maximum absolute atomic E-state index is 12.6. The van der Waals surface area contributed by atoms with Crippen molar-refractivity contribution in [2.75, 3.05) is 12.3 Å². The smallest absolute Gasteiger partial charge is 0.456 e. The lowest BCUT2D eigenvalue weighted by Crippen LogP contribution is -2.41. The molecule has 1 aromatic carbocycles. The number of ether oxygens (including phenoxy) is 1. The monoisotopic (exact) mass is 289 g/mol. The van der Waals surface area contributed by atoms with Crippen molar-refractivity contribution in [2.45, 2.75) is 19.0 Å². The molecule has 1 aromatic rings. The Bertz CT molecular complexity index is 447. The van der Waals surface area contributed by atoms with Crippen molar-refractivity contribution < 1.29 is 26.7 Å². The first kappa shape index (κ1) is 14.8. The summed E-state index contributed by atoms with van der Waals surface area (Å²) in [4.78, 5) is 0. The Hall–Kier alpha value is -1.24. The highest BCUT2D eigenvalue weighted by molar-refractivity contribution is 6.33. The highest BCUT2D eigenvalue weighted by Gasteiger charge is 2.58. The number of benzene rings is 1. The molecule has 18 heavy (non-hydrogen) atoms. The predicted octanol–water partition coefficient (Wildman–Crippen LogP) is 3.81. The zero-order chi connectivity index (χ0) is 14.1. The van der Waals surface area contributed by atoms with Gasteiger partial charge in [0.15, 0.2) is 6.61 Å². The van der Waals surface area contributed by atoms with Gasteiger partial charge in [-0.1, -0.05) is 11.6 Å². The van der Waals surface area contributed by atoms with E-state index in [9.17, 15) is 22.0 Å². The van der Waals surface area contributed by atoms with Crippen LogP contribution in [0.2, 0.25) is 5.02 Å². The van der Waals surface area contributed by atoms with Gasteiger partial charge in [0.25, 0.3) is 0 Å². The molecular formula is C10H9ClF5NO. The van der Waals surface area contributed by atoms with Crippen LogP contribution in [0.1, 0.15) is 5.56 Å². The molecule has 1 rings (SSSR count). The summed E-state index contributed by atoms with van der Waals surface area (Å²) in [6.07, 6.45) is -5.65. The van der Waals surface area contributed by atoms with Crippen LogP contribution in [0.15, 0.2) is 12.1 Å². The second-order valence-electron chi connectivity index (χ2n) is 3.63. The first-order valence-electron chi connectivity index (χ1n) is 4.67. The van der Waals surface area contributed by atoms with Crippen molar-refractivity contribution in [2.24, 2.45) is 0 Å². The maximum atomic E-state index is 12.6. The summed E-state index contributed by atoms with van der Waals surface area (Å²) < 4.78 is 65.4. The van der Waals surface area contributed by atoms with Gasteiger partial charge >= 0.3 is 12.1 Å². The minimum Gasteiger partial charge on any atom is -0.487 e. The minimum absolute atomic E-state index is 0.0194. The van der Waals surface area contributed by atoms with Crippen LogP contribution in [0, 0.1) is 6.92 Å². The van der Waals surface area contributed by atoms with Gasteiger partial charge < -0.3 is 10.5 Å². The molecule has 0 saturated carbocycles. The molecule has 2 N–H and O–H groups in total. The van der Waals surface area contributed by atoms with Crippen LogP contribution < -0.4 is 10.5 Å². The van der Waals surface area contributed by atoms with Gasteiger partial charge in [-0.2, -0.15) is 22.0 Å². The van der Waals surface area contributed by atoms with Gasteiger partial charge in [0.1, 0.15) is 5.75 Å². The second-order valence-corrected chi connectivity index (χ2v) is 4.04. The Kier molecular flexibility index (Phi) is 3.95. The lowest BCUT2D eigenvalue weighted by Gasteiger charge is -2.20. The summed E-state index contributed by atoms with van der Waals surface area (Å²) in [5.74, 6) is -5.09. The van der Waals surface area contributed by atoms with Gasteiger partial charge in [0.05, 0.1) is 10.7 Å². The van der Waals surface area contributed by atoms with Crippen LogP contribution in [-0.2, 0) is 0 Å². The fourth-order valence-corrected chi connectivity index (χ4v) is 1.24. The zero-order valence-corrected chi connectivity index (χ0v) is 9.87. The van der Waals surface area contributed by atoms with E-state index >= 15 is 0 Å². The molecule has 102 valence electrons. The third kappa shape index (κ3) is 3.16. The van der Waals surface area contributed by atoms with Crippen LogP contribution in [0.3, 0.4) is 0 Å². The Morgan fingerprint density at radius 3 is 2.28 bits per heavy atom. The molecule has 0 bridgehead atoms. The van der Waals surface area contributed by atoms with Crippen LogP contribution in [0.5, 0.6) is 5.75 Å². The number of alkyl halides is 5. The minimum atomic E-state index is -5.65. The van der Waals surface area contributed by atoms with E-state index < -0.39 is 18.7 Å². The van der Waals surface area contributed by atoms with Crippen molar-refractivity contribution in [1.82, 2.24) is 0 Å². The second kappa shape index (κ2) is 4.79. The molecule has 0 aliphatic rings. The summed E-state index contributed by atoms with van der Waals surface area (Å²) in [7, 11) is 0. The molecule has 0 heterocycles. The topological polar surface area (TPSA) is 35.2 Å². The third-order valence-electron chi connectivity index (χ3n) is 2.12. The first-order chi connectivity index (χ1) is 8.04. The molecule has 0 fully saturated rings. The molecule has 0 amide bonds. The normalized spacial score (nSPS) is 12.6. The van der Waals surface area contributed by atoms with Crippen molar-refractivity contribution in [3.8, 4) is 5.75 Å². The first-order valence-corrected chi connectivity index (χ1v) is 5.05. The molecule has 2 nitrogen and oxygen atoms in total. The lowest BCUT2D eigenvalue weighted by atomic mass is 10.2. The van der Waals surface area contributed by atoms with E-state index in [1.807, 2.05) is 0 Å². The van der Waals surface area contributed by atoms with E-state index in [4.69, 9.17) is 17.3 Å². The molecule has 0 aliphatic heterocycles. The van der Waals surface area contributed by atoms with Crippen molar-refractivity contribution in [3.05, 3.63) is 22.7 Å². The predicted molar refractivity (Wildman–Crippen MR) is 57.1 cm³/mol. The Morgan fingerprint density at radius 2 is 1.78 bits per heavy atom. The van der Waals surface area contributed by atoms with Crippen LogP contribution in [-0.4, -0.2) is 18.7 Å². The summed E-state index contributed by atoms with van der Waals surface area (Å²) in [5.41, 5.74) is 5.92. The fraction of sp³-hybridized carbons (Fsp3) is 0.400. The molecule has 0 radical (unpaired) electrons. The van der Waals surface area contributed by atoms with Crippen molar-refractivity contribution in [3.63, 3.8) is 0 Å². The van der Waals surface area contributed by atoms with E-state index in [0.29, 0.717) is 5.56 Å². The van der Waals surface area contributed by atoms with Crippen molar-refractivity contribution in [1.29, 1.82) is 0 Å². The van der Waals surface area contributed by atoms with Crippen LogP contribution in [0.4, 0.5) is 27.6 Å². The van der Waals surface area contributed by atoms with Crippen LogP contribution >= 0.6 is 11.6 Å². The van der Waals surface area contributed by atoms with E-state index in [1.165, 1.54) is 13.0 Å². The lowest BCUT2D eigenvalue weighted by molar-refractivity contribution is -0.290. The third-order valence-corrected chi connectivity index (χ3v) is 2.45. The molecule has 0 aromatic heterocycles. The van der Waals surface area contributed by atoms with Gasteiger partial charge in [-0.25, -0.2) is 0 Å². The van der Waals surface area contributed by atoms with Gasteiger partial charge in [-0.15, -0.1) is 0 Å². The number of nitrogen functional groups attached to an aromatic ring is 1. The standard InChI is InChI=1S/C10H9ClF5NO/c1-5-2-7(17)6(11)3-8(5)18-4-9(12,13)10(14,15)16/h2-3H,4,17H2,1H3. The molecule has 0 saturated heterocycles. The SMILES string of the molecule is Cc1cc(N)c(Cl)cc1OCC(F)(F)C(F)(F)F. The summed E-state index contributed by atoms with van der Waals surface area (Å²) in [6.45, 7) is -0.356. The zero-order valence-electron chi connectivity index (χ0n) is 9.12. The molecular weight excluding hydrogens is 281 g/mol. The number of anilines is 1.